The molecule has 0 radical (unpaired) electrons. The highest BCUT2D eigenvalue weighted by molar-refractivity contribution is 14.0. The van der Waals surface area contributed by atoms with Crippen molar-refractivity contribution in [1.82, 2.24) is 15.2 Å². The molecule has 0 bridgehead atoms. The van der Waals surface area contributed by atoms with Crippen LogP contribution >= 0.6 is 24.0 Å². The number of aliphatic imine (C=N–C) groups is 1. The SMILES string of the molecule is CC(CN=C(N)NCCc1ccccn1)N1CCN(c2ccccc2)CC1.I. The van der Waals surface area contributed by atoms with Crippen LogP contribution in [-0.4, -0.2) is 61.2 Å². The van der Waals surface area contributed by atoms with Gasteiger partial charge in [0.2, 0.25) is 0 Å². The molecule has 0 aliphatic carbocycles. The Kier molecular flexibility index (Phi) is 9.49. The molecule has 1 unspecified atom stereocenters. The molecule has 0 saturated carbocycles. The Balaban J connectivity index is 0.00000280. The summed E-state index contributed by atoms with van der Waals surface area (Å²) in [5.74, 6) is 0.515. The summed E-state index contributed by atoms with van der Waals surface area (Å²) < 4.78 is 0. The fourth-order valence-corrected chi connectivity index (χ4v) is 3.33. The van der Waals surface area contributed by atoms with Crippen LogP contribution in [0.3, 0.4) is 0 Å². The molecule has 28 heavy (non-hydrogen) atoms. The molecule has 1 saturated heterocycles. The standard InChI is InChI=1S/C21H30N6.HI/c1-18(17-25-21(22)24-12-10-19-7-5-6-11-23-19)26-13-15-27(16-14-26)20-8-3-2-4-9-20;/h2-9,11,18H,10,12-17H2,1H3,(H3,22,24,25);1H. The van der Waals surface area contributed by atoms with Gasteiger partial charge in [-0.05, 0) is 31.2 Å². The predicted octanol–water partition coefficient (Wildman–Crippen LogP) is 2.36. The molecule has 1 aliphatic rings. The number of nitrogens with two attached hydrogens (primary N) is 1. The number of pyridine rings is 1. The average Bonchev–Trinajstić information content (AvgIpc) is 2.73. The van der Waals surface area contributed by atoms with Crippen molar-refractivity contribution in [3.8, 4) is 0 Å². The van der Waals surface area contributed by atoms with Crippen molar-refractivity contribution < 1.29 is 0 Å². The zero-order valence-corrected chi connectivity index (χ0v) is 18.8. The van der Waals surface area contributed by atoms with E-state index in [0.717, 1.165) is 44.8 Å². The number of nitrogens with one attached hydrogen (secondary N) is 1. The monoisotopic (exact) mass is 494 g/mol. The van der Waals surface area contributed by atoms with Crippen LogP contribution in [0.15, 0.2) is 59.7 Å². The van der Waals surface area contributed by atoms with Gasteiger partial charge in [-0.2, -0.15) is 0 Å². The molecule has 1 aromatic heterocycles. The van der Waals surface area contributed by atoms with Gasteiger partial charge >= 0.3 is 0 Å². The third kappa shape index (κ3) is 6.94. The predicted molar refractivity (Wildman–Crippen MR) is 128 cm³/mol. The quantitative estimate of drug-likeness (QED) is 0.352. The first-order valence-electron chi connectivity index (χ1n) is 9.70. The minimum absolute atomic E-state index is 0. The molecule has 2 heterocycles. The van der Waals surface area contributed by atoms with Gasteiger partial charge in [0.1, 0.15) is 0 Å². The molecule has 3 rings (SSSR count). The summed E-state index contributed by atoms with van der Waals surface area (Å²) in [6, 6.07) is 17.0. The van der Waals surface area contributed by atoms with Crippen LogP contribution in [0, 0.1) is 0 Å². The maximum Gasteiger partial charge on any atom is 0.188 e. The van der Waals surface area contributed by atoms with E-state index in [1.165, 1.54) is 5.69 Å². The largest absolute Gasteiger partial charge is 0.370 e. The fraction of sp³-hybridized carbons (Fsp3) is 0.429. The van der Waals surface area contributed by atoms with E-state index >= 15 is 0 Å². The van der Waals surface area contributed by atoms with Crippen LogP contribution in [-0.2, 0) is 6.42 Å². The summed E-state index contributed by atoms with van der Waals surface area (Å²) in [5.41, 5.74) is 8.37. The van der Waals surface area contributed by atoms with Crippen LogP contribution in [0.5, 0.6) is 0 Å². The van der Waals surface area contributed by atoms with Crippen molar-refractivity contribution in [2.24, 2.45) is 10.7 Å². The summed E-state index contributed by atoms with van der Waals surface area (Å²) in [4.78, 5) is 13.8. The lowest BCUT2D eigenvalue weighted by molar-refractivity contribution is 0.201. The van der Waals surface area contributed by atoms with E-state index in [4.69, 9.17) is 5.73 Å². The second-order valence-corrected chi connectivity index (χ2v) is 6.93. The molecule has 1 aromatic carbocycles. The summed E-state index contributed by atoms with van der Waals surface area (Å²) in [7, 11) is 0. The lowest BCUT2D eigenvalue weighted by Gasteiger charge is -2.38. The van der Waals surface area contributed by atoms with Gasteiger partial charge in [-0.15, -0.1) is 24.0 Å². The number of hydrogen-bond donors (Lipinski definition) is 2. The fourth-order valence-electron chi connectivity index (χ4n) is 3.33. The van der Waals surface area contributed by atoms with Gasteiger partial charge in [0.25, 0.3) is 0 Å². The van der Waals surface area contributed by atoms with E-state index in [1.54, 1.807) is 0 Å². The minimum Gasteiger partial charge on any atom is -0.370 e. The lowest BCUT2D eigenvalue weighted by Crippen LogP contribution is -2.50. The topological polar surface area (TPSA) is 69.8 Å². The van der Waals surface area contributed by atoms with Gasteiger partial charge in [-0.1, -0.05) is 24.3 Å². The Hall–Kier alpha value is -1.87. The first-order valence-corrected chi connectivity index (χ1v) is 9.70. The lowest BCUT2D eigenvalue weighted by atomic mass is 10.2. The first-order chi connectivity index (χ1) is 13.2. The third-order valence-corrected chi connectivity index (χ3v) is 5.00. The molecule has 1 aliphatic heterocycles. The van der Waals surface area contributed by atoms with Crippen molar-refractivity contribution in [3.63, 3.8) is 0 Å². The highest BCUT2D eigenvalue weighted by atomic mass is 127. The first kappa shape index (κ1) is 22.4. The van der Waals surface area contributed by atoms with E-state index in [9.17, 15) is 0 Å². The van der Waals surface area contributed by atoms with Gasteiger partial charge < -0.3 is 16.0 Å². The van der Waals surface area contributed by atoms with Crippen molar-refractivity contribution in [2.75, 3.05) is 44.2 Å². The number of benzene rings is 1. The van der Waals surface area contributed by atoms with Gasteiger partial charge in [-0.3, -0.25) is 14.9 Å². The average molecular weight is 494 g/mol. The molecule has 152 valence electrons. The molecule has 2 aromatic rings. The maximum absolute atomic E-state index is 6.01. The Morgan fingerprint density at radius 3 is 2.50 bits per heavy atom. The number of nitrogens with zero attached hydrogens (tertiary/aromatic N) is 4. The summed E-state index contributed by atoms with van der Waals surface area (Å²) in [5, 5.41) is 3.18. The number of hydrogen-bond acceptors (Lipinski definition) is 4. The van der Waals surface area contributed by atoms with Crippen LogP contribution in [0.2, 0.25) is 0 Å². The molecule has 6 nitrogen and oxygen atoms in total. The minimum atomic E-state index is 0. The number of piperazine rings is 1. The van der Waals surface area contributed by atoms with E-state index in [1.807, 2.05) is 24.4 Å². The van der Waals surface area contributed by atoms with Crippen molar-refractivity contribution >= 4 is 35.6 Å². The summed E-state index contributed by atoms with van der Waals surface area (Å²) >= 11 is 0. The number of para-hydroxylation sites is 1. The van der Waals surface area contributed by atoms with Crippen LogP contribution in [0.25, 0.3) is 0 Å². The van der Waals surface area contributed by atoms with E-state index < -0.39 is 0 Å². The highest BCUT2D eigenvalue weighted by Crippen LogP contribution is 2.16. The number of rotatable bonds is 7. The van der Waals surface area contributed by atoms with Gasteiger partial charge in [0.05, 0.1) is 6.54 Å². The molecular formula is C21H31IN6. The summed E-state index contributed by atoms with van der Waals surface area (Å²) in [6.07, 6.45) is 2.65. The molecule has 3 N–H and O–H groups in total. The second kappa shape index (κ2) is 11.9. The van der Waals surface area contributed by atoms with Crippen LogP contribution in [0.1, 0.15) is 12.6 Å². The molecule has 7 heteroatoms. The smallest absolute Gasteiger partial charge is 0.188 e. The molecule has 1 atom stereocenters. The van der Waals surface area contributed by atoms with Crippen molar-refractivity contribution in [3.05, 3.63) is 60.4 Å². The molecule has 0 amide bonds. The Morgan fingerprint density at radius 2 is 1.82 bits per heavy atom. The van der Waals surface area contributed by atoms with E-state index in [-0.39, 0.29) is 24.0 Å². The summed E-state index contributed by atoms with van der Waals surface area (Å²) in [6.45, 7) is 7.90. The van der Waals surface area contributed by atoms with Crippen LogP contribution in [0.4, 0.5) is 5.69 Å². The van der Waals surface area contributed by atoms with E-state index in [2.05, 4.69) is 62.3 Å². The highest BCUT2D eigenvalue weighted by Gasteiger charge is 2.20. The Morgan fingerprint density at radius 1 is 1.11 bits per heavy atom. The Bertz CT molecular complexity index is 701. The van der Waals surface area contributed by atoms with E-state index in [0.29, 0.717) is 18.5 Å². The molecule has 1 fully saturated rings. The number of halogens is 1. The normalized spacial score (nSPS) is 16.3. The number of guanidine groups is 1. The Labute approximate surface area is 185 Å². The zero-order chi connectivity index (χ0) is 18.9. The third-order valence-electron chi connectivity index (χ3n) is 5.00. The van der Waals surface area contributed by atoms with Gasteiger partial charge in [0, 0.05) is 62.8 Å². The van der Waals surface area contributed by atoms with Crippen LogP contribution < -0.4 is 16.0 Å². The number of aromatic nitrogens is 1. The van der Waals surface area contributed by atoms with Crippen molar-refractivity contribution in [2.45, 2.75) is 19.4 Å². The number of anilines is 1. The maximum atomic E-state index is 6.01. The molecular weight excluding hydrogens is 463 g/mol. The van der Waals surface area contributed by atoms with Crippen molar-refractivity contribution in [1.29, 1.82) is 0 Å². The van der Waals surface area contributed by atoms with Gasteiger partial charge in [0.15, 0.2) is 5.96 Å². The second-order valence-electron chi connectivity index (χ2n) is 6.93. The molecule has 0 spiro atoms. The van der Waals surface area contributed by atoms with Gasteiger partial charge in [-0.25, -0.2) is 0 Å². The zero-order valence-electron chi connectivity index (χ0n) is 16.5.